The topological polar surface area (TPSA) is 69.6 Å². The van der Waals surface area contributed by atoms with Gasteiger partial charge >= 0.3 is 0 Å². The van der Waals surface area contributed by atoms with Crippen molar-refractivity contribution in [2.75, 3.05) is 0 Å². The van der Waals surface area contributed by atoms with Crippen molar-refractivity contribution in [3.63, 3.8) is 0 Å². The number of hydrogen-bond donors (Lipinski definition) is 1. The molecule has 0 saturated heterocycles. The minimum absolute atomic E-state index is 0.367. The summed E-state index contributed by atoms with van der Waals surface area (Å²) < 4.78 is 5.40. The highest BCUT2D eigenvalue weighted by Gasteiger charge is 2.18. The summed E-state index contributed by atoms with van der Waals surface area (Å²) in [4.78, 5) is 0. The van der Waals surface area contributed by atoms with Crippen LogP contribution in [0.1, 0.15) is 17.4 Å². The number of aryl methyl sites for hydroxylation is 1. The number of rotatable bonds is 2. The van der Waals surface area contributed by atoms with E-state index in [0.717, 1.165) is 5.69 Å². The van der Waals surface area contributed by atoms with E-state index in [-0.39, 0.29) is 6.04 Å². The van der Waals surface area contributed by atoms with E-state index in [0.29, 0.717) is 10.7 Å². The van der Waals surface area contributed by atoms with Gasteiger partial charge in [0.1, 0.15) is 0 Å². The molecule has 0 amide bonds. The number of halogens is 1. The monoisotopic (exact) mass is 229 g/mol. The average Bonchev–Trinajstić information content (AvgIpc) is 2.75. The lowest BCUT2D eigenvalue weighted by Gasteiger charge is -2.08. The first-order valence-corrected chi connectivity index (χ1v) is 5.11. The molecule has 0 aliphatic heterocycles. The van der Waals surface area contributed by atoms with E-state index in [2.05, 4.69) is 14.7 Å². The maximum atomic E-state index is 5.97. The Kier molecular flexibility index (Phi) is 2.49. The van der Waals surface area contributed by atoms with Crippen LogP contribution in [0, 0.1) is 0 Å². The van der Waals surface area contributed by atoms with Gasteiger partial charge in [-0.1, -0.05) is 16.1 Å². The Morgan fingerprint density at radius 1 is 1.64 bits per heavy atom. The van der Waals surface area contributed by atoms with Gasteiger partial charge in [-0.05, 0) is 11.5 Å². The highest BCUT2D eigenvalue weighted by atomic mass is 35.5. The predicted molar refractivity (Wildman–Crippen MR) is 54.2 cm³/mol. The predicted octanol–water partition coefficient (Wildman–Crippen LogP) is 0.973. The van der Waals surface area contributed by atoms with E-state index in [1.807, 2.05) is 0 Å². The molecule has 0 aliphatic carbocycles. The van der Waals surface area contributed by atoms with E-state index in [9.17, 15) is 0 Å². The Morgan fingerprint density at radius 3 is 2.93 bits per heavy atom. The lowest BCUT2D eigenvalue weighted by Crippen LogP contribution is -2.16. The van der Waals surface area contributed by atoms with Gasteiger partial charge in [0, 0.05) is 12.4 Å². The SMILES string of the molecule is Cn1ncc(Cl)c1C(N)c1csnn1. The minimum Gasteiger partial charge on any atom is -0.318 e. The zero-order chi connectivity index (χ0) is 10.1. The van der Waals surface area contributed by atoms with Gasteiger partial charge in [0.15, 0.2) is 0 Å². The molecule has 2 rings (SSSR count). The maximum Gasteiger partial charge on any atom is 0.0984 e. The van der Waals surface area contributed by atoms with Crippen LogP contribution in [-0.4, -0.2) is 19.4 Å². The van der Waals surface area contributed by atoms with Crippen molar-refractivity contribution in [1.29, 1.82) is 0 Å². The van der Waals surface area contributed by atoms with E-state index in [1.165, 1.54) is 11.5 Å². The summed E-state index contributed by atoms with van der Waals surface area (Å²) in [5.41, 5.74) is 7.42. The van der Waals surface area contributed by atoms with Crippen LogP contribution >= 0.6 is 23.1 Å². The molecule has 0 spiro atoms. The first kappa shape index (κ1) is 9.57. The number of nitrogens with two attached hydrogens (primary N) is 1. The van der Waals surface area contributed by atoms with Crippen LogP contribution in [0.15, 0.2) is 11.6 Å². The molecule has 1 atom stereocenters. The second kappa shape index (κ2) is 3.64. The van der Waals surface area contributed by atoms with E-state index in [1.54, 1.807) is 23.3 Å². The first-order chi connectivity index (χ1) is 6.70. The summed E-state index contributed by atoms with van der Waals surface area (Å²) in [7, 11) is 1.79. The van der Waals surface area contributed by atoms with Crippen LogP contribution in [-0.2, 0) is 7.05 Å². The lowest BCUT2D eigenvalue weighted by atomic mass is 10.2. The lowest BCUT2D eigenvalue weighted by molar-refractivity contribution is 0.662. The van der Waals surface area contributed by atoms with Gasteiger partial charge in [0.05, 0.1) is 28.6 Å². The first-order valence-electron chi connectivity index (χ1n) is 3.90. The van der Waals surface area contributed by atoms with Crippen molar-refractivity contribution in [3.05, 3.63) is 28.0 Å². The molecule has 0 radical (unpaired) electrons. The summed E-state index contributed by atoms with van der Waals surface area (Å²) in [6, 6.07) is -0.367. The number of aromatic nitrogens is 4. The molecule has 2 N–H and O–H groups in total. The molecule has 2 aromatic heterocycles. The maximum absolute atomic E-state index is 5.97. The summed E-state index contributed by atoms with van der Waals surface area (Å²) in [6.45, 7) is 0. The van der Waals surface area contributed by atoms with Crippen molar-refractivity contribution in [2.24, 2.45) is 12.8 Å². The second-order valence-corrected chi connectivity index (χ2v) is 3.83. The van der Waals surface area contributed by atoms with Gasteiger partial charge in [-0.2, -0.15) is 5.10 Å². The van der Waals surface area contributed by atoms with Crippen LogP contribution in [0.2, 0.25) is 5.02 Å². The molecular formula is C7H8ClN5S. The molecule has 0 fully saturated rings. The largest absolute Gasteiger partial charge is 0.318 e. The number of hydrogen-bond acceptors (Lipinski definition) is 5. The molecule has 14 heavy (non-hydrogen) atoms. The molecule has 7 heteroatoms. The van der Waals surface area contributed by atoms with E-state index < -0.39 is 0 Å². The Balaban J connectivity index is 2.41. The van der Waals surface area contributed by atoms with Crippen molar-refractivity contribution < 1.29 is 0 Å². The van der Waals surface area contributed by atoms with Crippen LogP contribution in [0.25, 0.3) is 0 Å². The molecule has 0 aliphatic rings. The van der Waals surface area contributed by atoms with Gasteiger partial charge < -0.3 is 5.73 Å². The molecule has 2 heterocycles. The average molecular weight is 230 g/mol. The Labute approximate surface area is 89.7 Å². The number of nitrogens with zero attached hydrogens (tertiary/aromatic N) is 4. The van der Waals surface area contributed by atoms with Gasteiger partial charge in [-0.25, -0.2) is 0 Å². The molecule has 1 unspecified atom stereocenters. The van der Waals surface area contributed by atoms with Gasteiger partial charge in [0.2, 0.25) is 0 Å². The molecule has 0 saturated carbocycles. The zero-order valence-corrected chi connectivity index (χ0v) is 8.96. The standard InChI is InChI=1S/C7H8ClN5S/c1-13-7(4(8)2-10-13)6(9)5-3-14-12-11-5/h2-3,6H,9H2,1H3. The van der Waals surface area contributed by atoms with Gasteiger partial charge in [-0.3, -0.25) is 4.68 Å². The molecule has 74 valence electrons. The molecule has 2 aromatic rings. The van der Waals surface area contributed by atoms with Crippen LogP contribution < -0.4 is 5.73 Å². The van der Waals surface area contributed by atoms with Crippen LogP contribution in [0.4, 0.5) is 0 Å². The van der Waals surface area contributed by atoms with Gasteiger partial charge in [0.25, 0.3) is 0 Å². The van der Waals surface area contributed by atoms with Crippen molar-refractivity contribution in [1.82, 2.24) is 19.4 Å². The fourth-order valence-electron chi connectivity index (χ4n) is 1.22. The summed E-state index contributed by atoms with van der Waals surface area (Å²) >= 11 is 7.21. The van der Waals surface area contributed by atoms with Crippen LogP contribution in [0.3, 0.4) is 0 Å². The smallest absolute Gasteiger partial charge is 0.0984 e. The summed E-state index contributed by atoms with van der Waals surface area (Å²) in [5.74, 6) is 0. The summed E-state index contributed by atoms with van der Waals surface area (Å²) in [5, 5.41) is 10.3. The zero-order valence-electron chi connectivity index (χ0n) is 7.38. The Bertz CT molecular complexity index is 404. The second-order valence-electron chi connectivity index (χ2n) is 2.81. The third-order valence-corrected chi connectivity index (χ3v) is 2.74. The highest BCUT2D eigenvalue weighted by Crippen LogP contribution is 2.24. The van der Waals surface area contributed by atoms with Gasteiger partial charge in [-0.15, -0.1) is 5.10 Å². The molecular weight excluding hydrogens is 222 g/mol. The van der Waals surface area contributed by atoms with Crippen molar-refractivity contribution in [3.8, 4) is 0 Å². The minimum atomic E-state index is -0.367. The fourth-order valence-corrected chi connectivity index (χ4v) is 1.99. The van der Waals surface area contributed by atoms with E-state index in [4.69, 9.17) is 17.3 Å². The third-order valence-electron chi connectivity index (χ3n) is 1.93. The van der Waals surface area contributed by atoms with E-state index >= 15 is 0 Å². The fraction of sp³-hybridized carbons (Fsp3) is 0.286. The third kappa shape index (κ3) is 1.52. The van der Waals surface area contributed by atoms with Crippen molar-refractivity contribution in [2.45, 2.75) is 6.04 Å². The van der Waals surface area contributed by atoms with Crippen molar-refractivity contribution >= 4 is 23.1 Å². The Hall–Kier alpha value is -0.980. The Morgan fingerprint density at radius 2 is 2.43 bits per heavy atom. The molecule has 0 aromatic carbocycles. The molecule has 0 bridgehead atoms. The summed E-state index contributed by atoms with van der Waals surface area (Å²) in [6.07, 6.45) is 1.57. The normalized spacial score (nSPS) is 13.1. The quantitative estimate of drug-likeness (QED) is 0.833. The molecule has 5 nitrogen and oxygen atoms in total. The van der Waals surface area contributed by atoms with Crippen LogP contribution in [0.5, 0.6) is 0 Å². The highest BCUT2D eigenvalue weighted by molar-refractivity contribution is 7.03.